The summed E-state index contributed by atoms with van der Waals surface area (Å²) < 4.78 is 16.2. The van der Waals surface area contributed by atoms with Crippen molar-refractivity contribution in [2.45, 2.75) is 52.2 Å². The fourth-order valence-corrected chi connectivity index (χ4v) is 5.67. The lowest BCUT2D eigenvalue weighted by Crippen LogP contribution is -2.42. The number of amides is 1. The molecular weight excluding hydrogens is 506 g/mol. The van der Waals surface area contributed by atoms with E-state index in [1.165, 1.54) is 31.5 Å². The van der Waals surface area contributed by atoms with E-state index in [2.05, 4.69) is 56.4 Å². The van der Waals surface area contributed by atoms with Gasteiger partial charge in [-0.15, -0.1) is 0 Å². The number of ether oxygens (including phenoxy) is 2. The van der Waals surface area contributed by atoms with Crippen LogP contribution in [0.3, 0.4) is 0 Å². The monoisotopic (exact) mass is 547 g/mol. The number of piperidine rings is 2. The maximum Gasteiger partial charge on any atom is 0.241 e. The van der Waals surface area contributed by atoms with Crippen molar-refractivity contribution in [2.24, 2.45) is 11.8 Å². The maximum atomic E-state index is 13.1. The number of nitrogens with zero attached hydrogens (tertiary/aromatic N) is 4. The number of carbonyl (C=O) groups excluding carboxylic acids is 1. The van der Waals surface area contributed by atoms with E-state index in [0.717, 1.165) is 43.0 Å². The van der Waals surface area contributed by atoms with Gasteiger partial charge < -0.3 is 19.3 Å². The molecule has 2 fully saturated rings. The summed E-state index contributed by atoms with van der Waals surface area (Å²) in [6.45, 7) is 8.30. The minimum atomic E-state index is -0.0551. The molecule has 1 amide bonds. The molecule has 5 rings (SSSR count). The lowest BCUT2D eigenvalue weighted by Gasteiger charge is -2.31. The third kappa shape index (κ3) is 7.20. The number of aromatic nitrogens is 2. The van der Waals surface area contributed by atoms with Gasteiger partial charge in [0.25, 0.3) is 0 Å². The van der Waals surface area contributed by atoms with Gasteiger partial charge in [-0.1, -0.05) is 36.3 Å². The van der Waals surface area contributed by atoms with Gasteiger partial charge in [-0.25, -0.2) is 0 Å². The third-order valence-corrected chi connectivity index (χ3v) is 8.09. The quantitative estimate of drug-likeness (QED) is 0.396. The van der Waals surface area contributed by atoms with Crippen LogP contribution in [-0.4, -0.2) is 66.2 Å². The summed E-state index contributed by atoms with van der Waals surface area (Å²) >= 11 is 0. The number of nitrogens with one attached hydrogen (secondary N) is 1. The number of benzene rings is 2. The van der Waals surface area contributed by atoms with Crippen LogP contribution in [-0.2, 0) is 24.4 Å². The molecule has 0 saturated carbocycles. The van der Waals surface area contributed by atoms with Gasteiger partial charge in [0.1, 0.15) is 0 Å². The molecule has 0 bridgehead atoms. The van der Waals surface area contributed by atoms with E-state index in [1.807, 2.05) is 18.2 Å². The lowest BCUT2D eigenvalue weighted by molar-refractivity contribution is -0.127. The second-order valence-electron chi connectivity index (χ2n) is 11.2. The highest BCUT2D eigenvalue weighted by atomic mass is 16.5. The highest BCUT2D eigenvalue weighted by Gasteiger charge is 2.27. The molecule has 40 heavy (non-hydrogen) atoms. The first-order valence-electron chi connectivity index (χ1n) is 14.4. The van der Waals surface area contributed by atoms with Crippen LogP contribution in [0.4, 0.5) is 0 Å². The first kappa shape index (κ1) is 28.1. The summed E-state index contributed by atoms with van der Waals surface area (Å²) in [4.78, 5) is 22.4. The molecule has 2 saturated heterocycles. The molecule has 0 spiro atoms. The standard InChI is InChI=1S/C31H41N5O4/c1-22-11-14-35(15-12-22)19-24-7-4-6-23(16-24)18-32-31(37)26-8-5-13-36(20-26)21-29-33-30(34-40-29)25-9-10-27(38-2)28(17-25)39-3/h4,6-7,9-10,16-17,22,26H,5,8,11-15,18-21H2,1-3H3,(H,32,37). The first-order valence-corrected chi connectivity index (χ1v) is 14.4. The van der Waals surface area contributed by atoms with E-state index in [4.69, 9.17) is 14.0 Å². The van der Waals surface area contributed by atoms with Crippen molar-refractivity contribution in [1.82, 2.24) is 25.3 Å². The molecular formula is C31H41N5O4. The fourth-order valence-electron chi connectivity index (χ4n) is 5.67. The second kappa shape index (κ2) is 13.3. The molecule has 3 heterocycles. The Bertz CT molecular complexity index is 1270. The van der Waals surface area contributed by atoms with Gasteiger partial charge in [0, 0.05) is 25.2 Å². The Morgan fingerprint density at radius 3 is 2.58 bits per heavy atom. The highest BCUT2D eigenvalue weighted by molar-refractivity contribution is 5.79. The molecule has 9 nitrogen and oxygen atoms in total. The summed E-state index contributed by atoms with van der Waals surface area (Å²) in [5.74, 6) is 3.18. The Morgan fingerprint density at radius 2 is 1.77 bits per heavy atom. The Labute approximate surface area is 236 Å². The maximum absolute atomic E-state index is 13.1. The van der Waals surface area contributed by atoms with Crippen LogP contribution in [0.1, 0.15) is 49.6 Å². The molecule has 0 radical (unpaired) electrons. The molecule has 1 atom stereocenters. The molecule has 1 unspecified atom stereocenters. The number of rotatable bonds is 10. The van der Waals surface area contributed by atoms with Crippen molar-refractivity contribution in [1.29, 1.82) is 0 Å². The van der Waals surface area contributed by atoms with Crippen LogP contribution in [0.2, 0.25) is 0 Å². The third-order valence-electron chi connectivity index (χ3n) is 8.09. The van der Waals surface area contributed by atoms with E-state index in [0.29, 0.717) is 42.8 Å². The largest absolute Gasteiger partial charge is 0.493 e. The van der Waals surface area contributed by atoms with E-state index in [9.17, 15) is 4.79 Å². The minimum absolute atomic E-state index is 0.0551. The average Bonchev–Trinajstić information content (AvgIpc) is 3.45. The predicted octanol–water partition coefficient (Wildman–Crippen LogP) is 4.51. The zero-order valence-electron chi connectivity index (χ0n) is 23.9. The van der Waals surface area contributed by atoms with Crippen molar-refractivity contribution >= 4 is 5.91 Å². The summed E-state index contributed by atoms with van der Waals surface area (Å²) in [5.41, 5.74) is 3.26. The molecule has 2 aliphatic rings. The van der Waals surface area contributed by atoms with Crippen LogP contribution in [0.25, 0.3) is 11.4 Å². The SMILES string of the molecule is COc1ccc(-c2noc(CN3CCCC(C(=O)NCc4cccc(CN5CCC(C)CC5)c4)C3)n2)cc1OC. The van der Waals surface area contributed by atoms with Gasteiger partial charge in [-0.3, -0.25) is 14.6 Å². The van der Waals surface area contributed by atoms with Crippen LogP contribution in [0.15, 0.2) is 47.0 Å². The van der Waals surface area contributed by atoms with Crippen molar-refractivity contribution in [3.8, 4) is 22.9 Å². The highest BCUT2D eigenvalue weighted by Crippen LogP contribution is 2.31. The smallest absolute Gasteiger partial charge is 0.241 e. The molecule has 214 valence electrons. The number of likely N-dealkylation sites (tertiary alicyclic amines) is 2. The Kier molecular flexibility index (Phi) is 9.34. The lowest BCUT2D eigenvalue weighted by atomic mass is 9.97. The van der Waals surface area contributed by atoms with Gasteiger partial charge in [0.15, 0.2) is 11.5 Å². The first-order chi connectivity index (χ1) is 19.5. The Balaban J connectivity index is 1.12. The van der Waals surface area contributed by atoms with E-state index >= 15 is 0 Å². The van der Waals surface area contributed by atoms with Crippen molar-refractivity contribution < 1.29 is 18.8 Å². The zero-order valence-corrected chi connectivity index (χ0v) is 23.9. The summed E-state index contributed by atoms with van der Waals surface area (Å²) in [6, 6.07) is 14.2. The summed E-state index contributed by atoms with van der Waals surface area (Å²) in [6.07, 6.45) is 4.40. The Hall–Kier alpha value is -3.43. The Morgan fingerprint density at radius 1 is 0.975 bits per heavy atom. The van der Waals surface area contributed by atoms with Crippen molar-refractivity contribution in [3.05, 3.63) is 59.5 Å². The molecule has 3 aromatic rings. The van der Waals surface area contributed by atoms with E-state index in [-0.39, 0.29) is 11.8 Å². The van der Waals surface area contributed by atoms with Crippen molar-refractivity contribution in [3.63, 3.8) is 0 Å². The van der Waals surface area contributed by atoms with Crippen LogP contribution >= 0.6 is 0 Å². The van der Waals surface area contributed by atoms with E-state index in [1.54, 1.807) is 14.2 Å². The summed E-state index contributed by atoms with van der Waals surface area (Å²) in [7, 11) is 3.20. The zero-order chi connectivity index (χ0) is 27.9. The van der Waals surface area contributed by atoms with Crippen LogP contribution in [0, 0.1) is 11.8 Å². The molecule has 2 aliphatic heterocycles. The van der Waals surface area contributed by atoms with Crippen molar-refractivity contribution in [2.75, 3.05) is 40.4 Å². The number of carbonyl (C=O) groups is 1. The minimum Gasteiger partial charge on any atom is -0.493 e. The molecule has 0 aliphatic carbocycles. The van der Waals surface area contributed by atoms with Crippen LogP contribution < -0.4 is 14.8 Å². The number of hydrogen-bond acceptors (Lipinski definition) is 8. The molecule has 2 aromatic carbocycles. The van der Waals surface area contributed by atoms with E-state index < -0.39 is 0 Å². The molecule has 1 aromatic heterocycles. The van der Waals surface area contributed by atoms with Gasteiger partial charge in [-0.2, -0.15) is 4.98 Å². The van der Waals surface area contributed by atoms with Crippen LogP contribution in [0.5, 0.6) is 11.5 Å². The predicted molar refractivity (Wildman–Crippen MR) is 153 cm³/mol. The number of hydrogen-bond donors (Lipinski definition) is 1. The molecule has 1 N–H and O–H groups in total. The molecule has 9 heteroatoms. The fraction of sp³-hybridized carbons (Fsp3) is 0.516. The normalized spacial score (nSPS) is 18.9. The van der Waals surface area contributed by atoms with Gasteiger partial charge in [0.2, 0.25) is 17.6 Å². The van der Waals surface area contributed by atoms with Gasteiger partial charge in [-0.05, 0) is 80.6 Å². The summed E-state index contributed by atoms with van der Waals surface area (Å²) in [5, 5.41) is 7.34. The average molecular weight is 548 g/mol. The second-order valence-corrected chi connectivity index (χ2v) is 11.2. The topological polar surface area (TPSA) is 93.0 Å². The number of methoxy groups -OCH3 is 2. The van der Waals surface area contributed by atoms with Gasteiger partial charge in [0.05, 0.1) is 26.7 Å². The van der Waals surface area contributed by atoms with Gasteiger partial charge >= 0.3 is 0 Å².